The van der Waals surface area contributed by atoms with E-state index in [4.69, 9.17) is 11.1 Å². The number of aromatic nitrogens is 2. The van der Waals surface area contributed by atoms with E-state index < -0.39 is 34.6 Å². The maximum Gasteiger partial charge on any atom is 0.417 e. The summed E-state index contributed by atoms with van der Waals surface area (Å²) in [5, 5.41) is 9.85. The Morgan fingerprint density at radius 3 is 2.57 bits per heavy atom. The lowest BCUT2D eigenvalue weighted by Crippen LogP contribution is -2.55. The molecule has 4 heterocycles. The largest absolute Gasteiger partial charge is 0.417 e. The molecule has 1 saturated heterocycles. The summed E-state index contributed by atoms with van der Waals surface area (Å²) in [5.41, 5.74) is 4.31. The van der Waals surface area contributed by atoms with Gasteiger partial charge < -0.3 is 30.8 Å². The molecule has 0 saturated carbocycles. The van der Waals surface area contributed by atoms with E-state index in [1.807, 2.05) is 18.4 Å². The standard InChI is InChI=1S/C22H24F3N7O2.CH3IS/c1-30-13-15(22(23,24)25)10-17(19(30)33)29-20(34)32-6-2-3-21(32)4-7-31(8-5-21)16-9-14(11-26)18(27)28-12-16;1-3-2/h2-3,9-13,26H,4-8H2,1H3,(H2,27,28)(H,29,34);1H3. The molecule has 0 bridgehead atoms. The van der Waals surface area contributed by atoms with Crippen LogP contribution in [0, 0.1) is 5.41 Å². The number of hydrogen-bond donors (Lipinski definition) is 3. The van der Waals surface area contributed by atoms with Gasteiger partial charge in [-0.25, -0.2) is 9.78 Å². The van der Waals surface area contributed by atoms with Crippen molar-refractivity contribution in [1.82, 2.24) is 14.5 Å². The number of anilines is 3. The van der Waals surface area contributed by atoms with Gasteiger partial charge in [0.2, 0.25) is 0 Å². The lowest BCUT2D eigenvalue weighted by Gasteiger charge is -2.44. The van der Waals surface area contributed by atoms with Gasteiger partial charge in [0.15, 0.2) is 0 Å². The van der Waals surface area contributed by atoms with Crippen LogP contribution < -0.4 is 21.5 Å². The molecule has 4 rings (SSSR count). The molecule has 2 aliphatic rings. The van der Waals surface area contributed by atoms with Crippen LogP contribution in [0.3, 0.4) is 0 Å². The van der Waals surface area contributed by atoms with Crippen LogP contribution in [0.15, 0.2) is 41.5 Å². The molecule has 14 heteroatoms. The van der Waals surface area contributed by atoms with Gasteiger partial charge in [-0.15, -0.1) is 0 Å². The average molecular weight is 649 g/mol. The zero-order valence-electron chi connectivity index (χ0n) is 20.2. The van der Waals surface area contributed by atoms with E-state index in [0.29, 0.717) is 43.8 Å². The minimum atomic E-state index is -4.65. The highest BCUT2D eigenvalue weighted by Gasteiger charge is 2.43. The molecule has 0 atom stereocenters. The van der Waals surface area contributed by atoms with E-state index in [0.717, 1.165) is 16.5 Å². The fourth-order valence-electron chi connectivity index (χ4n) is 4.43. The van der Waals surface area contributed by atoms with Crippen LogP contribution in [0.25, 0.3) is 0 Å². The predicted octanol–water partition coefficient (Wildman–Crippen LogP) is 4.52. The third-order valence-electron chi connectivity index (χ3n) is 6.34. The first kappa shape index (κ1) is 28.8. The number of alkyl halides is 3. The van der Waals surface area contributed by atoms with Gasteiger partial charge in [-0.3, -0.25) is 4.79 Å². The van der Waals surface area contributed by atoms with Crippen molar-refractivity contribution in [3.05, 3.63) is 58.2 Å². The number of amides is 2. The highest BCUT2D eigenvalue weighted by molar-refractivity contribution is 14.2. The summed E-state index contributed by atoms with van der Waals surface area (Å²) in [6.45, 7) is 1.46. The Morgan fingerprint density at radius 2 is 1.97 bits per heavy atom. The summed E-state index contributed by atoms with van der Waals surface area (Å²) in [7, 11) is 2.93. The van der Waals surface area contributed by atoms with Crippen LogP contribution in [0.2, 0.25) is 0 Å². The summed E-state index contributed by atoms with van der Waals surface area (Å²) in [5.74, 6) is 0.273. The lowest BCUT2D eigenvalue weighted by molar-refractivity contribution is -0.138. The molecule has 9 nitrogen and oxygen atoms in total. The molecule has 0 aromatic carbocycles. The molecule has 1 spiro atoms. The van der Waals surface area contributed by atoms with Gasteiger partial charge >= 0.3 is 12.2 Å². The van der Waals surface area contributed by atoms with Crippen LogP contribution in [0.5, 0.6) is 0 Å². The third kappa shape index (κ3) is 6.40. The van der Waals surface area contributed by atoms with Crippen LogP contribution in [-0.4, -0.2) is 58.1 Å². The number of carbonyl (C=O) groups excluding carboxylic acids is 1. The van der Waals surface area contributed by atoms with Crippen molar-refractivity contribution < 1.29 is 18.0 Å². The van der Waals surface area contributed by atoms with Crippen LogP contribution in [0.4, 0.5) is 35.2 Å². The van der Waals surface area contributed by atoms with Crippen molar-refractivity contribution in [3.8, 4) is 0 Å². The maximum absolute atomic E-state index is 13.2. The SMILES string of the molecule is CSI.Cn1cc(C(F)(F)F)cc(NC(=O)N2CC=CC23CCN(c2cnc(N)c(C=N)c2)CC3)c1=O. The van der Waals surface area contributed by atoms with Crippen molar-refractivity contribution in [1.29, 1.82) is 5.41 Å². The number of halogens is 4. The zero-order valence-corrected chi connectivity index (χ0v) is 23.2. The summed E-state index contributed by atoms with van der Waals surface area (Å²) in [6, 6.07) is 1.81. The van der Waals surface area contributed by atoms with E-state index >= 15 is 0 Å². The Hall–Kier alpha value is -2.75. The van der Waals surface area contributed by atoms with Crippen molar-refractivity contribution in [2.75, 3.05) is 41.8 Å². The monoisotopic (exact) mass is 649 g/mol. The van der Waals surface area contributed by atoms with Crippen LogP contribution in [-0.2, 0) is 13.2 Å². The van der Waals surface area contributed by atoms with E-state index in [1.165, 1.54) is 7.05 Å². The minimum absolute atomic E-state index is 0.273. The van der Waals surface area contributed by atoms with Crippen molar-refractivity contribution in [3.63, 3.8) is 0 Å². The number of carbonyl (C=O) groups is 1. The quantitative estimate of drug-likeness (QED) is 0.256. The second kappa shape index (κ2) is 11.8. The normalized spacial score (nSPS) is 16.4. The number of nitrogens with zero attached hydrogens (tertiary/aromatic N) is 4. The third-order valence-corrected chi connectivity index (χ3v) is 6.34. The fraction of sp³-hybridized carbons (Fsp3) is 0.391. The molecule has 200 valence electrons. The number of pyridine rings is 2. The number of aryl methyl sites for hydroxylation is 1. The molecule has 37 heavy (non-hydrogen) atoms. The molecule has 2 aromatic heterocycles. The predicted molar refractivity (Wildman–Crippen MR) is 150 cm³/mol. The second-order valence-electron chi connectivity index (χ2n) is 8.56. The second-order valence-corrected chi connectivity index (χ2v) is 11.5. The first-order valence-corrected chi connectivity index (χ1v) is 14.9. The van der Waals surface area contributed by atoms with Crippen molar-refractivity contribution in [2.45, 2.75) is 24.6 Å². The lowest BCUT2D eigenvalue weighted by atomic mass is 9.87. The molecular weight excluding hydrogens is 622 g/mol. The molecule has 2 amide bonds. The van der Waals surface area contributed by atoms with E-state index in [9.17, 15) is 22.8 Å². The first-order valence-electron chi connectivity index (χ1n) is 11.2. The molecular formula is C23H27F3IN7O2S. The summed E-state index contributed by atoms with van der Waals surface area (Å²) < 4.78 is 40.3. The van der Waals surface area contributed by atoms with Gasteiger partial charge in [0.1, 0.15) is 11.5 Å². The topological polar surface area (TPSA) is 120 Å². The summed E-state index contributed by atoms with van der Waals surface area (Å²) in [6.07, 6.45) is 5.78. The van der Waals surface area contributed by atoms with Crippen LogP contribution in [0.1, 0.15) is 24.0 Å². The number of hydrogen-bond acceptors (Lipinski definition) is 7. The molecule has 2 aliphatic heterocycles. The number of nitrogens with two attached hydrogens (primary N) is 1. The average Bonchev–Trinajstić information content (AvgIpc) is 3.25. The first-order chi connectivity index (χ1) is 17.5. The number of nitrogens with one attached hydrogen (secondary N) is 2. The summed E-state index contributed by atoms with van der Waals surface area (Å²) >= 11 is 2.20. The molecule has 0 unspecified atom stereocenters. The van der Waals surface area contributed by atoms with Gasteiger partial charge in [-0.2, -0.15) is 13.2 Å². The van der Waals surface area contributed by atoms with Gasteiger partial charge in [-0.05, 0) is 52.4 Å². The van der Waals surface area contributed by atoms with Crippen molar-refractivity contribution in [2.24, 2.45) is 7.05 Å². The van der Waals surface area contributed by atoms with E-state index in [2.05, 4.69) is 36.4 Å². The maximum atomic E-state index is 13.2. The van der Waals surface area contributed by atoms with Crippen molar-refractivity contribution >= 4 is 59.6 Å². The zero-order chi connectivity index (χ0) is 27.4. The Morgan fingerprint density at radius 1 is 1.32 bits per heavy atom. The van der Waals surface area contributed by atoms with Gasteiger partial charge in [0.05, 0.1) is 23.0 Å². The Kier molecular flexibility index (Phi) is 9.15. The van der Waals surface area contributed by atoms with Gasteiger partial charge in [0, 0.05) is 44.7 Å². The smallest absolute Gasteiger partial charge is 0.383 e. The molecule has 2 aromatic rings. The fourth-order valence-corrected chi connectivity index (χ4v) is 4.43. The molecule has 0 radical (unpaired) electrons. The Balaban J connectivity index is 0.00000121. The van der Waals surface area contributed by atoms with Gasteiger partial charge in [-0.1, -0.05) is 21.1 Å². The molecule has 4 N–H and O–H groups in total. The molecule has 0 aliphatic carbocycles. The minimum Gasteiger partial charge on any atom is -0.383 e. The highest BCUT2D eigenvalue weighted by atomic mass is 127. The number of piperidine rings is 1. The number of rotatable bonds is 3. The number of urea groups is 1. The Labute approximate surface area is 228 Å². The van der Waals surface area contributed by atoms with Crippen LogP contribution >= 0.6 is 30.1 Å². The Bertz CT molecular complexity index is 1240. The van der Waals surface area contributed by atoms with E-state index in [-0.39, 0.29) is 12.4 Å². The highest BCUT2D eigenvalue weighted by Crippen LogP contribution is 2.36. The number of nitrogen functional groups attached to an aromatic ring is 1. The van der Waals surface area contributed by atoms with E-state index in [1.54, 1.807) is 26.1 Å². The molecule has 1 fully saturated rings. The summed E-state index contributed by atoms with van der Waals surface area (Å²) in [4.78, 5) is 33.2. The van der Waals surface area contributed by atoms with Gasteiger partial charge in [0.25, 0.3) is 5.56 Å².